The van der Waals surface area contributed by atoms with Gasteiger partial charge in [0.25, 0.3) is 5.91 Å². The van der Waals surface area contributed by atoms with Gasteiger partial charge in [0.15, 0.2) is 0 Å². The van der Waals surface area contributed by atoms with Crippen molar-refractivity contribution in [2.45, 2.75) is 39.5 Å². The van der Waals surface area contributed by atoms with Crippen LogP contribution in [0.2, 0.25) is 0 Å². The number of carbonyl (C=O) groups excluding carboxylic acids is 1. The zero-order valence-corrected chi connectivity index (χ0v) is 12.8. The van der Waals surface area contributed by atoms with Gasteiger partial charge >= 0.3 is 5.97 Å². The highest BCUT2D eigenvalue weighted by Crippen LogP contribution is 2.10. The molecule has 0 aliphatic heterocycles. The second-order valence-corrected chi connectivity index (χ2v) is 5.29. The van der Waals surface area contributed by atoms with Crippen molar-refractivity contribution in [3.63, 3.8) is 0 Å². The van der Waals surface area contributed by atoms with Gasteiger partial charge in [0.05, 0.1) is 11.5 Å². The number of aromatic nitrogens is 1. The third-order valence-electron chi connectivity index (χ3n) is 3.39. The van der Waals surface area contributed by atoms with Crippen LogP contribution in [0.15, 0.2) is 24.5 Å². The predicted molar refractivity (Wildman–Crippen MR) is 81.1 cm³/mol. The van der Waals surface area contributed by atoms with E-state index in [0.29, 0.717) is 12.1 Å². The molecular formula is C16H24N2O3. The number of pyridine rings is 1. The fourth-order valence-corrected chi connectivity index (χ4v) is 2.09. The Morgan fingerprint density at radius 3 is 2.67 bits per heavy atom. The van der Waals surface area contributed by atoms with Gasteiger partial charge in [0, 0.05) is 25.5 Å². The van der Waals surface area contributed by atoms with Crippen molar-refractivity contribution in [3.05, 3.63) is 30.1 Å². The Morgan fingerprint density at radius 2 is 2.10 bits per heavy atom. The van der Waals surface area contributed by atoms with Crippen LogP contribution in [-0.2, 0) is 4.79 Å². The van der Waals surface area contributed by atoms with Crippen LogP contribution >= 0.6 is 0 Å². The van der Waals surface area contributed by atoms with Crippen LogP contribution in [0, 0.1) is 5.92 Å². The summed E-state index contributed by atoms with van der Waals surface area (Å²) in [6.07, 6.45) is 7.33. The largest absolute Gasteiger partial charge is 0.481 e. The number of hydrogen-bond acceptors (Lipinski definition) is 3. The highest BCUT2D eigenvalue weighted by Gasteiger charge is 2.21. The van der Waals surface area contributed by atoms with E-state index in [0.717, 1.165) is 25.7 Å². The van der Waals surface area contributed by atoms with Crippen molar-refractivity contribution in [3.8, 4) is 0 Å². The number of rotatable bonds is 9. The Bertz CT molecular complexity index is 448. The van der Waals surface area contributed by atoms with E-state index in [1.54, 1.807) is 30.2 Å². The van der Waals surface area contributed by atoms with E-state index in [2.05, 4.69) is 11.9 Å². The Labute approximate surface area is 126 Å². The van der Waals surface area contributed by atoms with Crippen molar-refractivity contribution in [1.29, 1.82) is 0 Å². The first-order chi connectivity index (χ1) is 10.1. The summed E-state index contributed by atoms with van der Waals surface area (Å²) in [5.41, 5.74) is 0.505. The predicted octanol–water partition coefficient (Wildman–Crippen LogP) is 2.82. The molecule has 5 heteroatoms. The Balaban J connectivity index is 2.70. The molecule has 0 saturated heterocycles. The van der Waals surface area contributed by atoms with E-state index < -0.39 is 11.9 Å². The smallest absolute Gasteiger partial charge is 0.308 e. The second-order valence-electron chi connectivity index (χ2n) is 5.29. The highest BCUT2D eigenvalue weighted by molar-refractivity contribution is 5.94. The summed E-state index contributed by atoms with van der Waals surface area (Å²) in [6, 6.07) is 3.42. The highest BCUT2D eigenvalue weighted by atomic mass is 16.4. The number of carboxylic acids is 1. The monoisotopic (exact) mass is 292 g/mol. The van der Waals surface area contributed by atoms with E-state index in [-0.39, 0.29) is 12.5 Å². The number of nitrogens with zero attached hydrogens (tertiary/aromatic N) is 2. The molecule has 1 aromatic heterocycles. The molecule has 1 atom stereocenters. The van der Waals surface area contributed by atoms with Gasteiger partial charge in [-0.05, 0) is 18.6 Å². The third-order valence-corrected chi connectivity index (χ3v) is 3.39. The second kappa shape index (κ2) is 9.10. The molecule has 1 unspecified atom stereocenters. The fraction of sp³-hybridized carbons (Fsp3) is 0.562. The number of carbonyl (C=O) groups is 2. The van der Waals surface area contributed by atoms with Crippen LogP contribution in [0.1, 0.15) is 49.9 Å². The van der Waals surface area contributed by atoms with Crippen LogP contribution in [0.5, 0.6) is 0 Å². The molecule has 21 heavy (non-hydrogen) atoms. The standard InChI is InChI=1S/C16H24N2O3/c1-3-4-5-6-10-18(12-13(2)16(20)21)15(19)14-8-7-9-17-11-14/h7-9,11,13H,3-6,10,12H2,1-2H3,(H,20,21). The molecule has 0 aliphatic carbocycles. The van der Waals surface area contributed by atoms with Gasteiger partial charge in [-0.3, -0.25) is 14.6 Å². The molecule has 1 amide bonds. The normalized spacial score (nSPS) is 11.9. The maximum atomic E-state index is 12.5. The average Bonchev–Trinajstić information content (AvgIpc) is 2.50. The molecular weight excluding hydrogens is 268 g/mol. The molecule has 0 bridgehead atoms. The van der Waals surface area contributed by atoms with Gasteiger partial charge in [-0.15, -0.1) is 0 Å². The minimum atomic E-state index is -0.882. The van der Waals surface area contributed by atoms with Gasteiger partial charge in [-0.2, -0.15) is 0 Å². The first kappa shape index (κ1) is 17.1. The fourth-order valence-electron chi connectivity index (χ4n) is 2.09. The van der Waals surface area contributed by atoms with E-state index in [1.165, 1.54) is 6.20 Å². The quantitative estimate of drug-likeness (QED) is 0.710. The lowest BCUT2D eigenvalue weighted by atomic mass is 10.1. The van der Waals surface area contributed by atoms with E-state index in [1.807, 2.05) is 0 Å². The average molecular weight is 292 g/mol. The molecule has 1 aromatic rings. The van der Waals surface area contributed by atoms with Crippen LogP contribution in [0.25, 0.3) is 0 Å². The Hall–Kier alpha value is -1.91. The lowest BCUT2D eigenvalue weighted by molar-refractivity contribution is -0.141. The summed E-state index contributed by atoms with van der Waals surface area (Å²) in [6.45, 7) is 4.57. The summed E-state index contributed by atoms with van der Waals surface area (Å²) >= 11 is 0. The zero-order chi connectivity index (χ0) is 15.7. The Morgan fingerprint density at radius 1 is 1.33 bits per heavy atom. The van der Waals surface area contributed by atoms with Crippen molar-refractivity contribution >= 4 is 11.9 Å². The molecule has 0 aromatic carbocycles. The zero-order valence-electron chi connectivity index (χ0n) is 12.8. The molecule has 0 radical (unpaired) electrons. The molecule has 0 saturated carbocycles. The number of unbranched alkanes of at least 4 members (excludes halogenated alkanes) is 3. The molecule has 5 nitrogen and oxygen atoms in total. The van der Waals surface area contributed by atoms with Crippen molar-refractivity contribution < 1.29 is 14.7 Å². The van der Waals surface area contributed by atoms with Gasteiger partial charge in [-0.25, -0.2) is 0 Å². The maximum Gasteiger partial charge on any atom is 0.308 e. The lowest BCUT2D eigenvalue weighted by Crippen LogP contribution is -2.37. The summed E-state index contributed by atoms with van der Waals surface area (Å²) in [5, 5.41) is 9.04. The van der Waals surface area contributed by atoms with Crippen LogP contribution in [0.4, 0.5) is 0 Å². The molecule has 0 aliphatic rings. The van der Waals surface area contributed by atoms with Gasteiger partial charge in [-0.1, -0.05) is 33.1 Å². The molecule has 0 spiro atoms. The molecule has 0 fully saturated rings. The molecule has 1 N–H and O–H groups in total. The van der Waals surface area contributed by atoms with Crippen LogP contribution in [0.3, 0.4) is 0 Å². The molecule has 1 heterocycles. The summed E-state index contributed by atoms with van der Waals surface area (Å²) in [4.78, 5) is 29.1. The first-order valence-corrected chi connectivity index (χ1v) is 7.48. The van der Waals surface area contributed by atoms with Crippen molar-refractivity contribution in [2.75, 3.05) is 13.1 Å². The summed E-state index contributed by atoms with van der Waals surface area (Å²) < 4.78 is 0. The van der Waals surface area contributed by atoms with Gasteiger partial charge < -0.3 is 10.0 Å². The van der Waals surface area contributed by atoms with E-state index >= 15 is 0 Å². The maximum absolute atomic E-state index is 12.5. The molecule has 116 valence electrons. The molecule has 1 rings (SSSR count). The number of carboxylic acid groups (broad SMARTS) is 1. The van der Waals surface area contributed by atoms with Gasteiger partial charge in [0.1, 0.15) is 0 Å². The third kappa shape index (κ3) is 5.94. The SMILES string of the molecule is CCCCCCN(CC(C)C(=O)O)C(=O)c1cccnc1. The number of hydrogen-bond donors (Lipinski definition) is 1. The van der Waals surface area contributed by atoms with Crippen LogP contribution in [-0.4, -0.2) is 40.0 Å². The first-order valence-electron chi connectivity index (χ1n) is 7.48. The van der Waals surface area contributed by atoms with Crippen molar-refractivity contribution in [2.24, 2.45) is 5.92 Å². The lowest BCUT2D eigenvalue weighted by Gasteiger charge is -2.24. The number of amides is 1. The minimum Gasteiger partial charge on any atom is -0.481 e. The topological polar surface area (TPSA) is 70.5 Å². The van der Waals surface area contributed by atoms with E-state index in [9.17, 15) is 9.59 Å². The summed E-state index contributed by atoms with van der Waals surface area (Å²) in [5.74, 6) is -1.60. The van der Waals surface area contributed by atoms with E-state index in [4.69, 9.17) is 5.11 Å². The number of aliphatic carboxylic acids is 1. The summed E-state index contributed by atoms with van der Waals surface area (Å²) in [7, 11) is 0. The van der Waals surface area contributed by atoms with Gasteiger partial charge in [0.2, 0.25) is 0 Å². The van der Waals surface area contributed by atoms with Crippen molar-refractivity contribution in [1.82, 2.24) is 9.88 Å². The minimum absolute atomic E-state index is 0.146. The van der Waals surface area contributed by atoms with Crippen LogP contribution < -0.4 is 0 Å². The Kier molecular flexibility index (Phi) is 7.43.